The lowest BCUT2D eigenvalue weighted by Crippen LogP contribution is -2.52. The third-order valence-corrected chi connectivity index (χ3v) is 6.44. The number of nitrogens with one attached hydrogen (secondary N) is 1. The van der Waals surface area contributed by atoms with Crippen LogP contribution in [0.15, 0.2) is 61.2 Å². The number of carbonyl (C=O) groups excluding carboxylic acids is 1. The first-order valence-electron chi connectivity index (χ1n) is 11.1. The first-order valence-corrected chi connectivity index (χ1v) is 11.1. The van der Waals surface area contributed by atoms with Crippen LogP contribution >= 0.6 is 0 Å². The lowest BCUT2D eigenvalue weighted by molar-refractivity contribution is -0.134. The molecule has 4 rings (SSSR count). The van der Waals surface area contributed by atoms with E-state index in [1.54, 1.807) is 31.6 Å². The SMILES string of the molecule is CNC(=O)[C@]1(Cc2ccccc2-c2cncnc2)CCCN(Cc2ccc(OC)cc2F)C1. The molecule has 1 aromatic heterocycles. The van der Waals surface area contributed by atoms with E-state index < -0.39 is 5.41 Å². The van der Waals surface area contributed by atoms with Crippen molar-refractivity contribution in [2.24, 2.45) is 5.41 Å². The molecule has 1 atom stereocenters. The first kappa shape index (κ1) is 22.9. The van der Waals surface area contributed by atoms with Crippen LogP contribution in [0.4, 0.5) is 4.39 Å². The second kappa shape index (κ2) is 10.1. The van der Waals surface area contributed by atoms with Crippen LogP contribution in [0, 0.1) is 11.2 Å². The zero-order valence-corrected chi connectivity index (χ0v) is 19.1. The predicted octanol–water partition coefficient (Wildman–Crippen LogP) is 3.86. The van der Waals surface area contributed by atoms with Crippen molar-refractivity contribution < 1.29 is 13.9 Å². The van der Waals surface area contributed by atoms with Crippen LogP contribution in [0.2, 0.25) is 0 Å². The van der Waals surface area contributed by atoms with Gasteiger partial charge in [-0.2, -0.15) is 0 Å². The zero-order chi connectivity index (χ0) is 23.3. The van der Waals surface area contributed by atoms with Crippen molar-refractivity contribution in [2.45, 2.75) is 25.8 Å². The van der Waals surface area contributed by atoms with Crippen molar-refractivity contribution >= 4 is 5.91 Å². The lowest BCUT2D eigenvalue weighted by atomic mass is 9.73. The van der Waals surface area contributed by atoms with Crippen molar-refractivity contribution in [3.8, 4) is 16.9 Å². The van der Waals surface area contributed by atoms with Gasteiger partial charge in [0, 0.05) is 49.7 Å². The highest BCUT2D eigenvalue weighted by atomic mass is 19.1. The average Bonchev–Trinajstić information content (AvgIpc) is 2.86. The Morgan fingerprint density at radius 1 is 1.18 bits per heavy atom. The maximum absolute atomic E-state index is 14.6. The van der Waals surface area contributed by atoms with E-state index in [1.165, 1.54) is 19.5 Å². The Labute approximate surface area is 193 Å². The van der Waals surface area contributed by atoms with Gasteiger partial charge >= 0.3 is 0 Å². The molecule has 33 heavy (non-hydrogen) atoms. The summed E-state index contributed by atoms with van der Waals surface area (Å²) in [6.07, 6.45) is 7.31. The summed E-state index contributed by atoms with van der Waals surface area (Å²) in [5.74, 6) is 0.220. The summed E-state index contributed by atoms with van der Waals surface area (Å²) in [6, 6.07) is 13.0. The zero-order valence-electron chi connectivity index (χ0n) is 19.1. The highest BCUT2D eigenvalue weighted by molar-refractivity contribution is 5.83. The molecule has 1 saturated heterocycles. The number of hydrogen-bond acceptors (Lipinski definition) is 5. The van der Waals surface area contributed by atoms with Crippen molar-refractivity contribution in [1.29, 1.82) is 0 Å². The molecule has 2 aromatic carbocycles. The standard InChI is InChI=1S/C26H29FN4O2/c1-28-25(32)26(13-19-6-3-4-7-23(19)21-14-29-18-30-15-21)10-5-11-31(17-26)16-20-8-9-22(33-2)12-24(20)27/h3-4,6-9,12,14-15,18H,5,10-11,13,16-17H2,1-2H3,(H,28,32)/t26-/m0/s1. The number of benzene rings is 2. The molecule has 0 saturated carbocycles. The fourth-order valence-electron chi connectivity index (χ4n) is 4.82. The van der Waals surface area contributed by atoms with Gasteiger partial charge in [0.25, 0.3) is 0 Å². The van der Waals surface area contributed by atoms with Gasteiger partial charge in [-0.1, -0.05) is 30.3 Å². The molecule has 0 unspecified atom stereocenters. The van der Waals surface area contributed by atoms with Crippen molar-refractivity contribution in [2.75, 3.05) is 27.2 Å². The number of amides is 1. The van der Waals surface area contributed by atoms with E-state index in [9.17, 15) is 9.18 Å². The van der Waals surface area contributed by atoms with E-state index in [1.807, 2.05) is 18.2 Å². The molecule has 1 amide bonds. The normalized spacial score (nSPS) is 18.6. The minimum Gasteiger partial charge on any atom is -0.497 e. The summed E-state index contributed by atoms with van der Waals surface area (Å²) < 4.78 is 19.7. The number of halogens is 1. The van der Waals surface area contributed by atoms with Crippen LogP contribution in [0.5, 0.6) is 5.75 Å². The Balaban J connectivity index is 1.61. The monoisotopic (exact) mass is 448 g/mol. The van der Waals surface area contributed by atoms with Crippen molar-refractivity contribution in [3.05, 3.63) is 78.1 Å². The minimum absolute atomic E-state index is 0.0153. The van der Waals surface area contributed by atoms with E-state index in [0.717, 1.165) is 36.1 Å². The van der Waals surface area contributed by atoms with Gasteiger partial charge in [0.2, 0.25) is 5.91 Å². The number of methoxy groups -OCH3 is 1. The second-order valence-corrected chi connectivity index (χ2v) is 8.59. The number of rotatable bonds is 7. The highest BCUT2D eigenvalue weighted by Crippen LogP contribution is 2.37. The molecule has 0 radical (unpaired) electrons. The fraction of sp³-hybridized carbons (Fsp3) is 0.346. The van der Waals surface area contributed by atoms with Crippen LogP contribution in [-0.2, 0) is 17.8 Å². The van der Waals surface area contributed by atoms with E-state index in [2.05, 4.69) is 26.3 Å². The first-order chi connectivity index (χ1) is 16.0. The van der Waals surface area contributed by atoms with Gasteiger partial charge in [-0.05, 0) is 43.0 Å². The molecular formula is C26H29FN4O2. The number of nitrogens with zero attached hydrogens (tertiary/aromatic N) is 3. The number of carbonyl (C=O) groups is 1. The molecule has 1 fully saturated rings. The summed E-state index contributed by atoms with van der Waals surface area (Å²) in [5, 5.41) is 2.88. The average molecular weight is 449 g/mol. The number of piperidine rings is 1. The Morgan fingerprint density at radius 3 is 2.70 bits per heavy atom. The number of hydrogen-bond donors (Lipinski definition) is 1. The van der Waals surface area contributed by atoms with Gasteiger partial charge in [-0.25, -0.2) is 14.4 Å². The van der Waals surface area contributed by atoms with Crippen LogP contribution in [0.3, 0.4) is 0 Å². The molecule has 7 heteroatoms. The Hall–Kier alpha value is -3.32. The smallest absolute Gasteiger partial charge is 0.227 e. The minimum atomic E-state index is -0.609. The van der Waals surface area contributed by atoms with Crippen molar-refractivity contribution in [3.63, 3.8) is 0 Å². The fourth-order valence-corrected chi connectivity index (χ4v) is 4.82. The van der Waals surface area contributed by atoms with Gasteiger partial charge < -0.3 is 10.1 Å². The summed E-state index contributed by atoms with van der Waals surface area (Å²) in [6.45, 7) is 1.82. The van der Waals surface area contributed by atoms with E-state index in [-0.39, 0.29) is 11.7 Å². The van der Waals surface area contributed by atoms with Crippen LogP contribution in [-0.4, -0.2) is 48.0 Å². The van der Waals surface area contributed by atoms with Crippen LogP contribution in [0.25, 0.3) is 11.1 Å². The van der Waals surface area contributed by atoms with Crippen LogP contribution in [0.1, 0.15) is 24.0 Å². The summed E-state index contributed by atoms with van der Waals surface area (Å²) in [5.41, 5.74) is 3.02. The van der Waals surface area contributed by atoms with Crippen molar-refractivity contribution in [1.82, 2.24) is 20.2 Å². The predicted molar refractivity (Wildman–Crippen MR) is 125 cm³/mol. The Kier molecular flexibility index (Phi) is 6.99. The largest absolute Gasteiger partial charge is 0.497 e. The number of likely N-dealkylation sites (tertiary alicyclic amines) is 1. The molecule has 6 nitrogen and oxygen atoms in total. The van der Waals surface area contributed by atoms with E-state index in [0.29, 0.717) is 30.8 Å². The quantitative estimate of drug-likeness (QED) is 0.595. The Bertz CT molecular complexity index is 1110. The molecule has 1 aliphatic heterocycles. The highest BCUT2D eigenvalue weighted by Gasteiger charge is 2.42. The number of aromatic nitrogens is 2. The summed E-state index contributed by atoms with van der Waals surface area (Å²) >= 11 is 0. The molecule has 0 aliphatic carbocycles. The topological polar surface area (TPSA) is 67.4 Å². The summed E-state index contributed by atoms with van der Waals surface area (Å²) in [7, 11) is 3.21. The maximum Gasteiger partial charge on any atom is 0.227 e. The number of ether oxygens (including phenoxy) is 1. The van der Waals surface area contributed by atoms with Gasteiger partial charge in [0.15, 0.2) is 0 Å². The Morgan fingerprint density at radius 2 is 1.97 bits per heavy atom. The van der Waals surface area contributed by atoms with Crippen LogP contribution < -0.4 is 10.1 Å². The molecule has 0 spiro atoms. The molecule has 3 aromatic rings. The van der Waals surface area contributed by atoms with E-state index >= 15 is 0 Å². The van der Waals surface area contributed by atoms with Gasteiger partial charge in [0.1, 0.15) is 17.9 Å². The van der Waals surface area contributed by atoms with Gasteiger partial charge in [-0.15, -0.1) is 0 Å². The molecule has 1 aliphatic rings. The maximum atomic E-state index is 14.6. The van der Waals surface area contributed by atoms with E-state index in [4.69, 9.17) is 4.74 Å². The molecule has 172 valence electrons. The lowest BCUT2D eigenvalue weighted by Gasteiger charge is -2.42. The molecular weight excluding hydrogens is 419 g/mol. The summed E-state index contributed by atoms with van der Waals surface area (Å²) in [4.78, 5) is 23.7. The third kappa shape index (κ3) is 5.03. The molecule has 2 heterocycles. The molecule has 1 N–H and O–H groups in total. The third-order valence-electron chi connectivity index (χ3n) is 6.44. The second-order valence-electron chi connectivity index (χ2n) is 8.59. The van der Waals surface area contributed by atoms with Gasteiger partial charge in [0.05, 0.1) is 12.5 Å². The van der Waals surface area contributed by atoms with Gasteiger partial charge in [-0.3, -0.25) is 9.69 Å². The molecule has 0 bridgehead atoms.